The number of amides is 1. The standard InChI is InChI=1S/C32H28F7N3O4S/c33-22-7-10-24(11-8-22)47(45,46)42-23(9-5-19-15-21(6-12-28(19)42)30(44,31(34,35)36)32(37,38)39)16-29(43)41-14-13-20(18-41)26-17-40-27-4-2-1-3-25(26)27/h1-4,6-8,10-12,15,17,20,23,40,44H,5,9,13-14,16,18H2/t20?,23-/m0/s1. The van der Waals surface area contributed by atoms with Crippen molar-refractivity contribution in [2.75, 3.05) is 17.4 Å². The largest absolute Gasteiger partial charge is 0.430 e. The number of rotatable bonds is 6. The van der Waals surface area contributed by atoms with E-state index in [1.54, 1.807) is 4.90 Å². The molecule has 3 aromatic carbocycles. The Bertz CT molecular complexity index is 1910. The molecule has 1 fully saturated rings. The number of aryl methyl sites for hydroxylation is 1. The van der Waals surface area contributed by atoms with Gasteiger partial charge in [0.25, 0.3) is 15.6 Å². The summed E-state index contributed by atoms with van der Waals surface area (Å²) >= 11 is 0. The van der Waals surface area contributed by atoms with Gasteiger partial charge in [0.15, 0.2) is 0 Å². The van der Waals surface area contributed by atoms with Crippen LogP contribution in [0.4, 0.5) is 36.4 Å². The Labute approximate surface area is 264 Å². The van der Waals surface area contributed by atoms with Gasteiger partial charge in [-0.25, -0.2) is 12.8 Å². The van der Waals surface area contributed by atoms with E-state index in [1.807, 2.05) is 30.5 Å². The number of aromatic nitrogens is 1. The first kappa shape index (κ1) is 32.8. The number of carbonyl (C=O) groups excluding carboxylic acids is 1. The average molecular weight is 684 g/mol. The number of benzene rings is 3. The molecule has 0 bridgehead atoms. The van der Waals surface area contributed by atoms with Crippen molar-refractivity contribution in [1.82, 2.24) is 9.88 Å². The second kappa shape index (κ2) is 11.5. The van der Waals surface area contributed by atoms with Crippen LogP contribution in [0.5, 0.6) is 0 Å². The first-order valence-electron chi connectivity index (χ1n) is 14.7. The van der Waals surface area contributed by atoms with E-state index >= 15 is 0 Å². The molecule has 2 aliphatic heterocycles. The number of nitrogens with one attached hydrogen (secondary N) is 1. The van der Waals surface area contributed by atoms with E-state index in [0.29, 0.717) is 31.6 Å². The maximum absolute atomic E-state index is 14.0. The molecular formula is C32H28F7N3O4S. The summed E-state index contributed by atoms with van der Waals surface area (Å²) in [5.41, 5.74) is -5.19. The van der Waals surface area contributed by atoms with Crippen molar-refractivity contribution in [1.29, 1.82) is 0 Å². The van der Waals surface area contributed by atoms with Crippen LogP contribution in [0.3, 0.4) is 0 Å². The number of likely N-dealkylation sites (tertiary alicyclic amines) is 1. The molecule has 0 spiro atoms. The molecule has 250 valence electrons. The lowest BCUT2D eigenvalue weighted by Crippen LogP contribution is -2.54. The highest BCUT2D eigenvalue weighted by Gasteiger charge is 2.71. The molecule has 1 aromatic heterocycles. The maximum Gasteiger partial charge on any atom is 0.430 e. The summed E-state index contributed by atoms with van der Waals surface area (Å²) in [6.45, 7) is 0.763. The molecule has 1 amide bonds. The van der Waals surface area contributed by atoms with Crippen LogP contribution in [-0.2, 0) is 26.8 Å². The lowest BCUT2D eigenvalue weighted by Gasteiger charge is -2.39. The van der Waals surface area contributed by atoms with Gasteiger partial charge in [-0.2, -0.15) is 26.3 Å². The van der Waals surface area contributed by atoms with Crippen molar-refractivity contribution in [2.45, 2.75) is 60.5 Å². The third-order valence-electron chi connectivity index (χ3n) is 9.02. The van der Waals surface area contributed by atoms with E-state index in [0.717, 1.165) is 51.1 Å². The number of aromatic amines is 1. The summed E-state index contributed by atoms with van der Waals surface area (Å²) in [4.78, 5) is 18.1. The summed E-state index contributed by atoms with van der Waals surface area (Å²) in [5, 5.41) is 11.0. The van der Waals surface area contributed by atoms with E-state index in [-0.39, 0.29) is 42.3 Å². The van der Waals surface area contributed by atoms with Crippen LogP contribution in [0.15, 0.2) is 77.8 Å². The second-order valence-electron chi connectivity index (χ2n) is 11.8. The zero-order chi connectivity index (χ0) is 33.9. The van der Waals surface area contributed by atoms with Crippen LogP contribution in [0.25, 0.3) is 10.9 Å². The predicted molar refractivity (Wildman–Crippen MR) is 157 cm³/mol. The highest BCUT2D eigenvalue weighted by atomic mass is 32.2. The topological polar surface area (TPSA) is 93.7 Å². The van der Waals surface area contributed by atoms with Crippen molar-refractivity contribution in [3.63, 3.8) is 0 Å². The number of halogens is 7. The molecule has 0 saturated carbocycles. The molecule has 2 atom stereocenters. The third kappa shape index (κ3) is 5.62. The van der Waals surface area contributed by atoms with Gasteiger partial charge in [0.2, 0.25) is 5.91 Å². The van der Waals surface area contributed by atoms with Crippen molar-refractivity contribution in [2.24, 2.45) is 0 Å². The van der Waals surface area contributed by atoms with Crippen LogP contribution in [0.1, 0.15) is 41.9 Å². The fourth-order valence-electron chi connectivity index (χ4n) is 6.58. The first-order chi connectivity index (χ1) is 22.0. The Hall–Kier alpha value is -4.11. The van der Waals surface area contributed by atoms with Gasteiger partial charge in [-0.3, -0.25) is 9.10 Å². The molecule has 15 heteroatoms. The lowest BCUT2D eigenvalue weighted by molar-refractivity contribution is -0.376. The minimum Gasteiger partial charge on any atom is -0.369 e. The number of alkyl halides is 6. The number of nitrogens with zero attached hydrogens (tertiary/aromatic N) is 2. The number of hydrogen-bond donors (Lipinski definition) is 2. The van der Waals surface area contributed by atoms with Gasteiger partial charge in [0.05, 0.1) is 16.6 Å². The number of H-pyrrole nitrogens is 1. The molecule has 1 unspecified atom stereocenters. The number of hydrogen-bond acceptors (Lipinski definition) is 4. The average Bonchev–Trinajstić information content (AvgIpc) is 3.67. The zero-order valence-electron chi connectivity index (χ0n) is 24.4. The number of sulfonamides is 1. The Kier molecular flexibility index (Phi) is 8.06. The molecule has 0 aliphatic carbocycles. The van der Waals surface area contributed by atoms with Crippen LogP contribution in [-0.4, -0.2) is 60.8 Å². The molecular weight excluding hydrogens is 655 g/mol. The van der Waals surface area contributed by atoms with Crippen molar-refractivity contribution in [3.05, 3.63) is 95.4 Å². The molecule has 0 radical (unpaired) electrons. The zero-order valence-corrected chi connectivity index (χ0v) is 25.3. The summed E-state index contributed by atoms with van der Waals surface area (Å²) in [6.07, 6.45) is -10.4. The summed E-state index contributed by atoms with van der Waals surface area (Å²) in [5.74, 6) is -1.10. The Morgan fingerprint density at radius 2 is 1.62 bits per heavy atom. The molecule has 3 heterocycles. The smallest absolute Gasteiger partial charge is 0.369 e. The molecule has 7 nitrogen and oxygen atoms in total. The molecule has 1 saturated heterocycles. The van der Waals surface area contributed by atoms with Gasteiger partial charge in [-0.05, 0) is 66.8 Å². The quantitative estimate of drug-likeness (QED) is 0.226. The van der Waals surface area contributed by atoms with E-state index in [4.69, 9.17) is 0 Å². The fraction of sp³-hybridized carbons (Fsp3) is 0.344. The van der Waals surface area contributed by atoms with Crippen molar-refractivity contribution < 1.29 is 49.1 Å². The summed E-state index contributed by atoms with van der Waals surface area (Å²) in [7, 11) is -4.60. The first-order valence-corrected chi connectivity index (χ1v) is 16.1. The van der Waals surface area contributed by atoms with Gasteiger partial charge in [0, 0.05) is 48.1 Å². The van der Waals surface area contributed by atoms with Crippen molar-refractivity contribution in [3.8, 4) is 0 Å². The molecule has 4 aromatic rings. The Morgan fingerprint density at radius 1 is 0.936 bits per heavy atom. The van der Waals surface area contributed by atoms with Gasteiger partial charge in [0.1, 0.15) is 5.82 Å². The Morgan fingerprint density at radius 3 is 2.30 bits per heavy atom. The highest BCUT2D eigenvalue weighted by Crippen LogP contribution is 2.51. The van der Waals surface area contributed by atoms with Crippen LogP contribution >= 0.6 is 0 Å². The monoisotopic (exact) mass is 683 g/mol. The minimum atomic E-state index is -6.14. The second-order valence-corrected chi connectivity index (χ2v) is 13.6. The van der Waals surface area contributed by atoms with Crippen LogP contribution in [0.2, 0.25) is 0 Å². The SMILES string of the molecule is O=C(C[C@@H]1CCc2cc(C(O)(C(F)(F)F)C(F)(F)F)ccc2N1S(=O)(=O)c1ccc(F)cc1)N1CCC(c2c[nH]c3ccccc23)C1. The van der Waals surface area contributed by atoms with E-state index in [9.17, 15) is 49.1 Å². The van der Waals surface area contributed by atoms with Gasteiger partial charge >= 0.3 is 12.4 Å². The van der Waals surface area contributed by atoms with Crippen molar-refractivity contribution >= 4 is 32.5 Å². The number of fused-ring (bicyclic) bond motifs is 2. The number of carbonyl (C=O) groups is 1. The lowest BCUT2D eigenvalue weighted by atomic mass is 9.87. The number of anilines is 1. The number of aliphatic hydroxyl groups is 1. The predicted octanol–water partition coefficient (Wildman–Crippen LogP) is 6.54. The summed E-state index contributed by atoms with van der Waals surface area (Å²) < 4.78 is 124. The molecule has 47 heavy (non-hydrogen) atoms. The Balaban J connectivity index is 1.33. The molecule has 2 N–H and O–H groups in total. The fourth-order valence-corrected chi connectivity index (χ4v) is 8.30. The van der Waals surface area contributed by atoms with Crippen LogP contribution < -0.4 is 4.31 Å². The molecule has 2 aliphatic rings. The normalized spacial score (nSPS) is 19.3. The summed E-state index contributed by atoms with van der Waals surface area (Å²) in [6, 6.07) is 12.0. The number of para-hydroxylation sites is 1. The van der Waals surface area contributed by atoms with Gasteiger partial charge < -0.3 is 15.0 Å². The highest BCUT2D eigenvalue weighted by molar-refractivity contribution is 7.92. The third-order valence-corrected chi connectivity index (χ3v) is 10.9. The van der Waals surface area contributed by atoms with E-state index < -0.39 is 50.3 Å². The molecule has 6 rings (SSSR count). The van der Waals surface area contributed by atoms with E-state index in [2.05, 4.69) is 4.98 Å². The van der Waals surface area contributed by atoms with Gasteiger partial charge in [-0.15, -0.1) is 0 Å². The minimum absolute atomic E-state index is 0.0145. The van der Waals surface area contributed by atoms with E-state index in [1.165, 1.54) is 0 Å². The van der Waals surface area contributed by atoms with Gasteiger partial charge in [-0.1, -0.05) is 30.3 Å². The maximum atomic E-state index is 14.0. The van der Waals surface area contributed by atoms with Crippen LogP contribution in [0, 0.1) is 5.82 Å².